The van der Waals surface area contributed by atoms with Gasteiger partial charge in [0, 0.05) is 4.47 Å². The standard InChI is InChI=1S/C18H24Br2N2O6/c1-8-26-14(23)12-13(10(19)9-11(20)21-12)22(15(24)27-17(2,3)4)16(25)28-18(5,6)7/h9H,8H2,1-7H3. The van der Waals surface area contributed by atoms with Gasteiger partial charge in [0.25, 0.3) is 0 Å². The van der Waals surface area contributed by atoms with E-state index >= 15 is 0 Å². The second-order valence-electron chi connectivity index (χ2n) is 7.64. The summed E-state index contributed by atoms with van der Waals surface area (Å²) >= 11 is 6.47. The fourth-order valence-corrected chi connectivity index (χ4v) is 3.20. The van der Waals surface area contributed by atoms with Crippen LogP contribution in [0.15, 0.2) is 15.1 Å². The molecule has 10 heteroatoms. The highest BCUT2D eigenvalue weighted by molar-refractivity contribution is 9.11. The molecule has 0 saturated heterocycles. The molecule has 8 nitrogen and oxygen atoms in total. The molecule has 0 radical (unpaired) electrons. The highest BCUT2D eigenvalue weighted by atomic mass is 79.9. The van der Waals surface area contributed by atoms with Crippen LogP contribution in [0.4, 0.5) is 15.3 Å². The molecule has 1 aromatic heterocycles. The van der Waals surface area contributed by atoms with Gasteiger partial charge in [-0.25, -0.2) is 19.4 Å². The van der Waals surface area contributed by atoms with E-state index in [1.807, 2.05) is 0 Å². The summed E-state index contributed by atoms with van der Waals surface area (Å²) in [6, 6.07) is 1.49. The van der Waals surface area contributed by atoms with E-state index in [4.69, 9.17) is 14.2 Å². The molecule has 28 heavy (non-hydrogen) atoms. The molecule has 0 bridgehead atoms. The summed E-state index contributed by atoms with van der Waals surface area (Å²) in [5, 5.41) is 0. The van der Waals surface area contributed by atoms with Crippen LogP contribution in [0.5, 0.6) is 0 Å². The number of anilines is 1. The summed E-state index contributed by atoms with van der Waals surface area (Å²) in [7, 11) is 0. The van der Waals surface area contributed by atoms with Gasteiger partial charge in [0.15, 0.2) is 5.69 Å². The number of amides is 2. The van der Waals surface area contributed by atoms with Gasteiger partial charge < -0.3 is 14.2 Å². The van der Waals surface area contributed by atoms with Crippen LogP contribution in [-0.2, 0) is 14.2 Å². The molecular formula is C18H24Br2N2O6. The lowest BCUT2D eigenvalue weighted by Crippen LogP contribution is -2.44. The zero-order valence-electron chi connectivity index (χ0n) is 16.9. The lowest BCUT2D eigenvalue weighted by Gasteiger charge is -2.29. The predicted molar refractivity (Wildman–Crippen MR) is 111 cm³/mol. The van der Waals surface area contributed by atoms with Gasteiger partial charge in [-0.15, -0.1) is 0 Å². The van der Waals surface area contributed by atoms with Crippen LogP contribution in [0.2, 0.25) is 0 Å². The van der Waals surface area contributed by atoms with Crippen LogP contribution in [0.1, 0.15) is 59.0 Å². The number of pyridine rings is 1. The van der Waals surface area contributed by atoms with Crippen molar-refractivity contribution in [1.82, 2.24) is 4.98 Å². The summed E-state index contributed by atoms with van der Waals surface area (Å²) < 4.78 is 16.3. The number of ether oxygens (including phenoxy) is 3. The van der Waals surface area contributed by atoms with Gasteiger partial charge in [-0.1, -0.05) is 0 Å². The number of carbonyl (C=O) groups excluding carboxylic acids is 3. The maximum Gasteiger partial charge on any atom is 0.424 e. The maximum atomic E-state index is 12.8. The molecular weight excluding hydrogens is 500 g/mol. The molecule has 0 atom stereocenters. The summed E-state index contributed by atoms with van der Waals surface area (Å²) in [6.45, 7) is 11.6. The molecule has 0 spiro atoms. The van der Waals surface area contributed by atoms with Gasteiger partial charge in [0.1, 0.15) is 21.5 Å². The third-order valence-electron chi connectivity index (χ3n) is 2.76. The van der Waals surface area contributed by atoms with Crippen molar-refractivity contribution >= 4 is 55.7 Å². The van der Waals surface area contributed by atoms with Gasteiger partial charge in [0.05, 0.1) is 6.61 Å². The minimum absolute atomic E-state index is 0.0863. The fourth-order valence-electron chi connectivity index (χ4n) is 1.90. The van der Waals surface area contributed by atoms with Crippen molar-refractivity contribution in [3.8, 4) is 0 Å². The second kappa shape index (κ2) is 9.21. The molecule has 2 amide bonds. The minimum atomic E-state index is -1.02. The SMILES string of the molecule is CCOC(=O)c1nc(Br)cc(Br)c1N(C(=O)OC(C)(C)C)C(=O)OC(C)(C)C. The normalized spacial score (nSPS) is 11.6. The van der Waals surface area contributed by atoms with Gasteiger partial charge in [-0.2, -0.15) is 4.90 Å². The zero-order chi connectivity index (χ0) is 21.9. The average Bonchev–Trinajstić information content (AvgIpc) is 2.45. The van der Waals surface area contributed by atoms with Gasteiger partial charge in [-0.05, 0) is 86.4 Å². The third kappa shape index (κ3) is 7.05. The van der Waals surface area contributed by atoms with Gasteiger partial charge in [0.2, 0.25) is 0 Å². The summed E-state index contributed by atoms with van der Waals surface area (Å²) in [5.74, 6) is -0.809. The Morgan fingerprint density at radius 2 is 1.46 bits per heavy atom. The molecule has 0 aliphatic rings. The van der Waals surface area contributed by atoms with Crippen molar-refractivity contribution < 1.29 is 28.6 Å². The highest BCUT2D eigenvalue weighted by Gasteiger charge is 2.37. The van der Waals surface area contributed by atoms with Crippen LogP contribution >= 0.6 is 31.9 Å². The Labute approximate surface area is 181 Å². The molecule has 1 heterocycles. The number of carbonyl (C=O) groups is 3. The molecule has 1 aromatic rings. The Hall–Kier alpha value is -1.68. The van der Waals surface area contributed by atoms with Gasteiger partial charge >= 0.3 is 18.2 Å². The summed E-state index contributed by atoms with van der Waals surface area (Å²) in [5.41, 5.74) is -2.17. The largest absolute Gasteiger partial charge is 0.461 e. The van der Waals surface area contributed by atoms with Crippen molar-refractivity contribution in [2.24, 2.45) is 0 Å². The van der Waals surface area contributed by atoms with E-state index in [1.165, 1.54) is 6.07 Å². The van der Waals surface area contributed by atoms with Crippen molar-refractivity contribution in [2.45, 2.75) is 59.7 Å². The Balaban J connectivity index is 3.63. The minimum Gasteiger partial charge on any atom is -0.461 e. The van der Waals surface area contributed by atoms with Crippen LogP contribution in [-0.4, -0.2) is 40.9 Å². The lowest BCUT2D eigenvalue weighted by molar-refractivity contribution is 0.0429. The number of hydrogen-bond acceptors (Lipinski definition) is 7. The van der Waals surface area contributed by atoms with E-state index in [-0.39, 0.29) is 22.5 Å². The Bertz CT molecular complexity index is 741. The van der Waals surface area contributed by atoms with Crippen molar-refractivity contribution in [3.05, 3.63) is 20.8 Å². The Morgan fingerprint density at radius 3 is 1.86 bits per heavy atom. The zero-order valence-corrected chi connectivity index (χ0v) is 20.1. The van der Waals surface area contributed by atoms with Crippen LogP contribution in [0, 0.1) is 0 Å². The van der Waals surface area contributed by atoms with Gasteiger partial charge in [-0.3, -0.25) is 0 Å². The maximum absolute atomic E-state index is 12.8. The van der Waals surface area contributed by atoms with E-state index in [2.05, 4.69) is 36.8 Å². The molecule has 1 rings (SSSR count). The molecule has 0 fully saturated rings. The molecule has 0 aliphatic carbocycles. The number of nitrogens with zero attached hydrogens (tertiary/aromatic N) is 2. The summed E-state index contributed by atoms with van der Waals surface area (Å²) in [6.07, 6.45) is -2.03. The van der Waals surface area contributed by atoms with Crippen LogP contribution < -0.4 is 4.90 Å². The topological polar surface area (TPSA) is 95.0 Å². The van der Waals surface area contributed by atoms with Crippen LogP contribution in [0.25, 0.3) is 0 Å². The molecule has 156 valence electrons. The van der Waals surface area contributed by atoms with Crippen LogP contribution in [0.3, 0.4) is 0 Å². The molecule has 0 unspecified atom stereocenters. The highest BCUT2D eigenvalue weighted by Crippen LogP contribution is 2.34. The molecule has 0 aromatic carbocycles. The monoisotopic (exact) mass is 522 g/mol. The third-order valence-corrected chi connectivity index (χ3v) is 3.77. The van der Waals surface area contributed by atoms with E-state index in [9.17, 15) is 14.4 Å². The first-order valence-electron chi connectivity index (χ1n) is 8.45. The first-order chi connectivity index (χ1) is 12.7. The number of hydrogen-bond donors (Lipinski definition) is 0. The molecule has 0 aliphatic heterocycles. The number of aromatic nitrogens is 1. The quantitative estimate of drug-likeness (QED) is 0.295. The lowest BCUT2D eigenvalue weighted by atomic mass is 10.2. The number of rotatable bonds is 3. The van der Waals surface area contributed by atoms with E-state index in [0.29, 0.717) is 9.50 Å². The molecule has 0 N–H and O–H groups in total. The smallest absolute Gasteiger partial charge is 0.424 e. The van der Waals surface area contributed by atoms with E-state index < -0.39 is 29.4 Å². The summed E-state index contributed by atoms with van der Waals surface area (Å²) in [4.78, 5) is 42.8. The first-order valence-corrected chi connectivity index (χ1v) is 10.0. The second-order valence-corrected chi connectivity index (χ2v) is 9.31. The number of esters is 1. The average molecular weight is 524 g/mol. The van der Waals surface area contributed by atoms with Crippen molar-refractivity contribution in [1.29, 1.82) is 0 Å². The number of halogens is 2. The van der Waals surface area contributed by atoms with Crippen molar-refractivity contribution in [3.63, 3.8) is 0 Å². The Kier molecular flexibility index (Phi) is 8.01. The fraction of sp³-hybridized carbons (Fsp3) is 0.556. The molecule has 0 saturated carbocycles. The van der Waals surface area contributed by atoms with Crippen molar-refractivity contribution in [2.75, 3.05) is 11.5 Å². The van der Waals surface area contributed by atoms with E-state index in [1.54, 1.807) is 48.5 Å². The first kappa shape index (κ1) is 24.4. The predicted octanol–water partition coefficient (Wildman–Crippen LogP) is 5.46. The Morgan fingerprint density at radius 1 is 1.00 bits per heavy atom. The number of imide groups is 1. The van der Waals surface area contributed by atoms with E-state index in [0.717, 1.165) is 0 Å².